The highest BCUT2D eigenvalue weighted by Gasteiger charge is 2.15. The van der Waals surface area contributed by atoms with Crippen molar-refractivity contribution in [3.63, 3.8) is 0 Å². The maximum Gasteiger partial charge on any atom is 0.0456 e. The van der Waals surface area contributed by atoms with E-state index < -0.39 is 0 Å². The lowest BCUT2D eigenvalue weighted by Gasteiger charge is -2.21. The lowest BCUT2D eigenvalue weighted by molar-refractivity contribution is 0.560. The molecular weight excluding hydrogens is 318 g/mol. The van der Waals surface area contributed by atoms with Gasteiger partial charge in [-0.25, -0.2) is 0 Å². The van der Waals surface area contributed by atoms with E-state index in [0.29, 0.717) is 10.8 Å². The zero-order valence-electron chi connectivity index (χ0n) is 14.8. The van der Waals surface area contributed by atoms with E-state index in [0.717, 1.165) is 25.1 Å². The second-order valence-electron chi connectivity index (χ2n) is 6.81. The fraction of sp³-hybridized carbons (Fsp3) is 0.500. The number of thioether (sulfide) groups is 1. The number of rotatable bonds is 8. The van der Waals surface area contributed by atoms with Crippen LogP contribution in [0.2, 0.25) is 0 Å². The first-order valence-corrected chi connectivity index (χ1v) is 10.3. The Morgan fingerprint density at radius 3 is 2.43 bits per heavy atom. The largest absolute Gasteiger partial charge is 0.308 e. The van der Waals surface area contributed by atoms with Gasteiger partial charge in [0.25, 0.3) is 0 Å². The van der Waals surface area contributed by atoms with Gasteiger partial charge >= 0.3 is 0 Å². The molecule has 1 unspecified atom stereocenters. The molecule has 1 heterocycles. The van der Waals surface area contributed by atoms with E-state index in [4.69, 9.17) is 0 Å². The van der Waals surface area contributed by atoms with E-state index >= 15 is 0 Å². The van der Waals surface area contributed by atoms with Gasteiger partial charge in [-0.1, -0.05) is 58.0 Å². The number of nitrogens with one attached hydrogen (secondary N) is 1. The van der Waals surface area contributed by atoms with E-state index in [1.54, 1.807) is 0 Å². The smallest absolute Gasteiger partial charge is 0.0456 e. The van der Waals surface area contributed by atoms with Gasteiger partial charge in [0.15, 0.2) is 0 Å². The molecule has 1 aromatic heterocycles. The summed E-state index contributed by atoms with van der Waals surface area (Å²) in [5.74, 6) is 1.15. The van der Waals surface area contributed by atoms with Crippen molar-refractivity contribution in [1.29, 1.82) is 0 Å². The third kappa shape index (κ3) is 6.70. The summed E-state index contributed by atoms with van der Waals surface area (Å²) in [6.07, 6.45) is 2.19. The molecule has 0 radical (unpaired) electrons. The van der Waals surface area contributed by atoms with E-state index in [-0.39, 0.29) is 0 Å². The highest BCUT2D eigenvalue weighted by atomic mass is 32.2. The van der Waals surface area contributed by atoms with Crippen LogP contribution in [0.4, 0.5) is 0 Å². The summed E-state index contributed by atoms with van der Waals surface area (Å²) in [6, 6.07) is 15.8. The van der Waals surface area contributed by atoms with Crippen LogP contribution in [-0.2, 0) is 12.8 Å². The van der Waals surface area contributed by atoms with Crippen molar-refractivity contribution in [3.8, 4) is 0 Å². The van der Waals surface area contributed by atoms with E-state index in [9.17, 15) is 0 Å². The highest BCUT2D eigenvalue weighted by molar-refractivity contribution is 8.00. The monoisotopic (exact) mass is 347 g/mol. The summed E-state index contributed by atoms with van der Waals surface area (Å²) in [5, 5.41) is 3.78. The molecule has 0 saturated heterocycles. The summed E-state index contributed by atoms with van der Waals surface area (Å²) in [5.41, 5.74) is 1.40. The Bertz CT molecular complexity index is 569. The second kappa shape index (κ2) is 8.91. The number of aryl methyl sites for hydroxylation is 1. The molecule has 0 saturated carbocycles. The zero-order chi connectivity index (χ0) is 16.7. The van der Waals surface area contributed by atoms with Gasteiger partial charge in [0.1, 0.15) is 0 Å². The van der Waals surface area contributed by atoms with E-state index in [2.05, 4.69) is 75.5 Å². The molecule has 3 heteroatoms. The van der Waals surface area contributed by atoms with Gasteiger partial charge < -0.3 is 5.32 Å². The van der Waals surface area contributed by atoms with Crippen molar-refractivity contribution in [1.82, 2.24) is 5.32 Å². The number of benzene rings is 1. The Kier molecular flexibility index (Phi) is 7.19. The molecule has 0 amide bonds. The SMILES string of the molecule is CCc1ccc(C(Cc2ccccc2)NCCSC(C)(C)C)s1. The van der Waals surface area contributed by atoms with Crippen LogP contribution in [0.25, 0.3) is 0 Å². The maximum atomic E-state index is 3.78. The van der Waals surface area contributed by atoms with Gasteiger partial charge in [-0.2, -0.15) is 11.8 Å². The van der Waals surface area contributed by atoms with Crippen molar-refractivity contribution in [2.24, 2.45) is 0 Å². The molecule has 2 rings (SSSR count). The number of thiophene rings is 1. The summed E-state index contributed by atoms with van der Waals surface area (Å²) in [7, 11) is 0. The molecule has 1 N–H and O–H groups in total. The lowest BCUT2D eigenvalue weighted by Crippen LogP contribution is -2.26. The Morgan fingerprint density at radius 1 is 1.09 bits per heavy atom. The van der Waals surface area contributed by atoms with Gasteiger partial charge in [-0.15, -0.1) is 11.3 Å². The molecule has 0 fully saturated rings. The summed E-state index contributed by atoms with van der Waals surface area (Å²) in [6.45, 7) is 10.1. The van der Waals surface area contributed by atoms with E-state index in [1.807, 2.05) is 23.1 Å². The van der Waals surface area contributed by atoms with Crippen LogP contribution >= 0.6 is 23.1 Å². The molecule has 1 atom stereocenters. The van der Waals surface area contributed by atoms with Crippen molar-refractivity contribution < 1.29 is 0 Å². The molecule has 2 aromatic rings. The van der Waals surface area contributed by atoms with E-state index in [1.165, 1.54) is 15.3 Å². The lowest BCUT2D eigenvalue weighted by atomic mass is 10.0. The van der Waals surface area contributed by atoms with Gasteiger partial charge in [-0.3, -0.25) is 0 Å². The van der Waals surface area contributed by atoms with Crippen molar-refractivity contribution in [2.75, 3.05) is 12.3 Å². The number of hydrogen-bond acceptors (Lipinski definition) is 3. The van der Waals surface area contributed by atoms with Crippen LogP contribution in [-0.4, -0.2) is 17.0 Å². The molecule has 0 aliphatic carbocycles. The van der Waals surface area contributed by atoms with Crippen LogP contribution in [0.15, 0.2) is 42.5 Å². The fourth-order valence-electron chi connectivity index (χ4n) is 2.49. The zero-order valence-corrected chi connectivity index (χ0v) is 16.4. The normalized spacial score (nSPS) is 13.2. The molecule has 126 valence electrons. The van der Waals surface area contributed by atoms with Gasteiger partial charge in [-0.05, 0) is 30.5 Å². The minimum Gasteiger partial charge on any atom is -0.308 e. The predicted octanol–water partition coefficient (Wildman–Crippen LogP) is 5.72. The molecule has 0 spiro atoms. The van der Waals surface area contributed by atoms with Crippen molar-refractivity contribution >= 4 is 23.1 Å². The third-order valence-corrected chi connectivity index (χ3v) is 6.30. The quantitative estimate of drug-likeness (QED) is 0.613. The van der Waals surface area contributed by atoms with Gasteiger partial charge in [0, 0.05) is 32.8 Å². The molecule has 0 aliphatic rings. The minimum absolute atomic E-state index is 0.342. The Labute approximate surface area is 149 Å². The Balaban J connectivity index is 1.99. The average Bonchev–Trinajstić information content (AvgIpc) is 2.99. The molecule has 23 heavy (non-hydrogen) atoms. The molecular formula is C20H29NS2. The topological polar surface area (TPSA) is 12.0 Å². The third-order valence-electron chi connectivity index (χ3n) is 3.68. The molecule has 1 nitrogen and oxygen atoms in total. The standard InChI is InChI=1S/C20H29NS2/c1-5-17-11-12-19(23-17)18(15-16-9-7-6-8-10-16)21-13-14-22-20(2,3)4/h6-12,18,21H,5,13-15H2,1-4H3. The van der Waals surface area contributed by atoms with Crippen LogP contribution < -0.4 is 5.32 Å². The molecule has 1 aromatic carbocycles. The number of hydrogen-bond donors (Lipinski definition) is 1. The van der Waals surface area contributed by atoms with Crippen LogP contribution in [0, 0.1) is 0 Å². The average molecular weight is 348 g/mol. The Hall–Kier alpha value is -0.770. The van der Waals surface area contributed by atoms with Crippen LogP contribution in [0.1, 0.15) is 49.1 Å². The molecule has 0 bridgehead atoms. The van der Waals surface area contributed by atoms with Gasteiger partial charge in [0.05, 0.1) is 0 Å². The van der Waals surface area contributed by atoms with Gasteiger partial charge in [0.2, 0.25) is 0 Å². The summed E-state index contributed by atoms with van der Waals surface area (Å²) < 4.78 is 0.342. The first kappa shape index (κ1) is 18.6. The maximum absolute atomic E-state index is 3.78. The molecule has 0 aliphatic heterocycles. The van der Waals surface area contributed by atoms with Crippen molar-refractivity contribution in [2.45, 2.75) is 51.3 Å². The van der Waals surface area contributed by atoms with Crippen LogP contribution in [0.3, 0.4) is 0 Å². The summed E-state index contributed by atoms with van der Waals surface area (Å²) in [4.78, 5) is 2.94. The highest BCUT2D eigenvalue weighted by Crippen LogP contribution is 2.27. The Morgan fingerprint density at radius 2 is 1.83 bits per heavy atom. The van der Waals surface area contributed by atoms with Crippen LogP contribution in [0.5, 0.6) is 0 Å². The first-order chi connectivity index (χ1) is 11.0. The first-order valence-electron chi connectivity index (χ1n) is 8.48. The predicted molar refractivity (Wildman–Crippen MR) is 107 cm³/mol. The minimum atomic E-state index is 0.342. The summed E-state index contributed by atoms with van der Waals surface area (Å²) >= 11 is 3.98. The van der Waals surface area contributed by atoms with Crippen molar-refractivity contribution in [3.05, 3.63) is 57.8 Å². The second-order valence-corrected chi connectivity index (χ2v) is 9.94. The fourth-order valence-corrected chi connectivity index (χ4v) is 4.35.